The van der Waals surface area contributed by atoms with Crippen molar-refractivity contribution in [3.05, 3.63) is 47.1 Å². The zero-order valence-electron chi connectivity index (χ0n) is 9.81. The van der Waals surface area contributed by atoms with Crippen LogP contribution in [0.15, 0.2) is 28.8 Å². The summed E-state index contributed by atoms with van der Waals surface area (Å²) in [6.45, 7) is 2.47. The number of rotatable bonds is 3. The van der Waals surface area contributed by atoms with E-state index < -0.39 is 0 Å². The lowest BCUT2D eigenvalue weighted by Crippen LogP contribution is -2.18. The van der Waals surface area contributed by atoms with Crippen LogP contribution in [0.4, 0.5) is 0 Å². The molecule has 0 saturated heterocycles. The van der Waals surface area contributed by atoms with Gasteiger partial charge < -0.3 is 9.84 Å². The molecule has 0 fully saturated rings. The average Bonchev–Trinajstić information content (AvgIpc) is 2.93. The zero-order valence-corrected chi connectivity index (χ0v) is 9.81. The van der Waals surface area contributed by atoms with Gasteiger partial charge in [-0.25, -0.2) is 0 Å². The van der Waals surface area contributed by atoms with Crippen molar-refractivity contribution in [1.29, 1.82) is 0 Å². The number of nitrogens with zero attached hydrogens (tertiary/aromatic N) is 2. The highest BCUT2D eigenvalue weighted by atomic mass is 16.5. The largest absolute Gasteiger partial charge is 0.338 e. The van der Waals surface area contributed by atoms with Gasteiger partial charge in [0, 0.05) is 6.04 Å². The highest BCUT2D eigenvalue weighted by molar-refractivity contribution is 5.34. The van der Waals surface area contributed by atoms with Gasteiger partial charge >= 0.3 is 0 Å². The van der Waals surface area contributed by atoms with Crippen LogP contribution in [0.25, 0.3) is 0 Å². The van der Waals surface area contributed by atoms with Crippen LogP contribution in [0.2, 0.25) is 0 Å². The van der Waals surface area contributed by atoms with E-state index in [-0.39, 0.29) is 0 Å². The fourth-order valence-electron chi connectivity index (χ4n) is 2.39. The van der Waals surface area contributed by atoms with Crippen LogP contribution in [0, 0.1) is 6.92 Å². The quantitative estimate of drug-likeness (QED) is 0.876. The molecule has 1 aliphatic rings. The predicted molar refractivity (Wildman–Crippen MR) is 63.4 cm³/mol. The molecular weight excluding hydrogens is 214 g/mol. The molecule has 3 rings (SSSR count). The molecular formula is C13H15N3O. The SMILES string of the molecule is Cc1noc(CNC2CCc3ccccc32)n1. The molecule has 4 nitrogen and oxygen atoms in total. The third kappa shape index (κ3) is 2.08. The fraction of sp³-hybridized carbons (Fsp3) is 0.385. The van der Waals surface area contributed by atoms with Gasteiger partial charge in [-0.05, 0) is 30.9 Å². The Labute approximate surface area is 100 Å². The smallest absolute Gasteiger partial charge is 0.240 e. The molecule has 88 valence electrons. The number of nitrogens with one attached hydrogen (secondary N) is 1. The Morgan fingerprint density at radius 2 is 2.29 bits per heavy atom. The van der Waals surface area contributed by atoms with Gasteiger partial charge in [0.2, 0.25) is 5.89 Å². The van der Waals surface area contributed by atoms with Crippen LogP contribution in [0.3, 0.4) is 0 Å². The number of hydrogen-bond acceptors (Lipinski definition) is 4. The molecule has 0 amide bonds. The van der Waals surface area contributed by atoms with Gasteiger partial charge in [-0.15, -0.1) is 0 Å². The lowest BCUT2D eigenvalue weighted by atomic mass is 10.1. The normalized spacial score (nSPS) is 18.3. The molecule has 1 heterocycles. The maximum Gasteiger partial charge on any atom is 0.240 e. The minimum absolute atomic E-state index is 0.415. The van der Waals surface area contributed by atoms with Crippen LogP contribution in [-0.4, -0.2) is 10.1 Å². The van der Waals surface area contributed by atoms with Crippen molar-refractivity contribution < 1.29 is 4.52 Å². The third-order valence-corrected chi connectivity index (χ3v) is 3.20. The van der Waals surface area contributed by atoms with Crippen molar-refractivity contribution in [2.45, 2.75) is 32.4 Å². The van der Waals surface area contributed by atoms with E-state index in [2.05, 4.69) is 39.7 Å². The molecule has 1 unspecified atom stereocenters. The molecule has 1 aromatic carbocycles. The van der Waals surface area contributed by atoms with E-state index >= 15 is 0 Å². The molecule has 0 radical (unpaired) electrons. The number of benzene rings is 1. The van der Waals surface area contributed by atoms with Crippen LogP contribution in [0.1, 0.15) is 35.3 Å². The second-order valence-corrected chi connectivity index (χ2v) is 4.41. The zero-order chi connectivity index (χ0) is 11.7. The molecule has 17 heavy (non-hydrogen) atoms. The lowest BCUT2D eigenvalue weighted by molar-refractivity contribution is 0.354. The standard InChI is InChI=1S/C13H15N3O/c1-9-15-13(17-16-9)8-14-12-7-6-10-4-2-3-5-11(10)12/h2-5,12,14H,6-8H2,1H3. The first-order valence-electron chi connectivity index (χ1n) is 5.93. The third-order valence-electron chi connectivity index (χ3n) is 3.20. The molecule has 0 saturated carbocycles. The first kappa shape index (κ1) is 10.5. The Hall–Kier alpha value is -1.68. The second kappa shape index (κ2) is 4.30. The van der Waals surface area contributed by atoms with Gasteiger partial charge in [0.1, 0.15) is 0 Å². The first-order valence-corrected chi connectivity index (χ1v) is 5.93. The van der Waals surface area contributed by atoms with Gasteiger partial charge in [0.05, 0.1) is 6.54 Å². The Kier molecular flexibility index (Phi) is 2.65. The van der Waals surface area contributed by atoms with Crippen molar-refractivity contribution in [2.75, 3.05) is 0 Å². The van der Waals surface area contributed by atoms with E-state index in [1.807, 2.05) is 6.92 Å². The minimum Gasteiger partial charge on any atom is -0.338 e. The van der Waals surface area contributed by atoms with Crippen molar-refractivity contribution in [1.82, 2.24) is 15.5 Å². The maximum atomic E-state index is 5.09. The van der Waals surface area contributed by atoms with E-state index in [9.17, 15) is 0 Å². The van der Waals surface area contributed by atoms with Gasteiger partial charge in [0.15, 0.2) is 5.82 Å². The Bertz CT molecular complexity index is 521. The number of aromatic nitrogens is 2. The second-order valence-electron chi connectivity index (χ2n) is 4.41. The van der Waals surface area contributed by atoms with Crippen LogP contribution < -0.4 is 5.32 Å². The predicted octanol–water partition coefficient (Wildman–Crippen LogP) is 2.16. The molecule has 1 aromatic heterocycles. The fourth-order valence-corrected chi connectivity index (χ4v) is 2.39. The van der Waals surface area contributed by atoms with Crippen molar-refractivity contribution >= 4 is 0 Å². The summed E-state index contributed by atoms with van der Waals surface area (Å²) in [6.07, 6.45) is 2.29. The highest BCUT2D eigenvalue weighted by Crippen LogP contribution is 2.30. The number of aryl methyl sites for hydroxylation is 2. The number of hydrogen-bond donors (Lipinski definition) is 1. The summed E-state index contributed by atoms with van der Waals surface area (Å²) in [7, 11) is 0. The summed E-state index contributed by atoms with van der Waals surface area (Å²) in [5.41, 5.74) is 2.86. The molecule has 0 spiro atoms. The lowest BCUT2D eigenvalue weighted by Gasteiger charge is -2.11. The monoisotopic (exact) mass is 229 g/mol. The van der Waals surface area contributed by atoms with E-state index in [0.29, 0.717) is 24.3 Å². The Balaban J connectivity index is 1.68. The van der Waals surface area contributed by atoms with Gasteiger partial charge in [-0.3, -0.25) is 0 Å². The summed E-state index contributed by atoms with van der Waals surface area (Å²) < 4.78 is 5.09. The van der Waals surface area contributed by atoms with Crippen molar-refractivity contribution in [2.24, 2.45) is 0 Å². The van der Waals surface area contributed by atoms with E-state index in [4.69, 9.17) is 4.52 Å². The van der Waals surface area contributed by atoms with Gasteiger partial charge in [-0.1, -0.05) is 29.4 Å². The summed E-state index contributed by atoms with van der Waals surface area (Å²) >= 11 is 0. The molecule has 2 aromatic rings. The van der Waals surface area contributed by atoms with E-state index in [1.165, 1.54) is 11.1 Å². The number of fused-ring (bicyclic) bond motifs is 1. The summed E-state index contributed by atoms with van der Waals surface area (Å²) in [4.78, 5) is 4.19. The molecule has 0 bridgehead atoms. The average molecular weight is 229 g/mol. The van der Waals surface area contributed by atoms with Gasteiger partial charge in [0.25, 0.3) is 0 Å². The first-order chi connectivity index (χ1) is 8.33. The van der Waals surface area contributed by atoms with Gasteiger partial charge in [-0.2, -0.15) is 4.98 Å². The van der Waals surface area contributed by atoms with Crippen molar-refractivity contribution in [3.63, 3.8) is 0 Å². The van der Waals surface area contributed by atoms with Crippen LogP contribution >= 0.6 is 0 Å². The summed E-state index contributed by atoms with van der Waals surface area (Å²) in [5, 5.41) is 7.25. The van der Waals surface area contributed by atoms with E-state index in [1.54, 1.807) is 0 Å². The Morgan fingerprint density at radius 1 is 1.41 bits per heavy atom. The molecule has 4 heteroatoms. The summed E-state index contributed by atoms with van der Waals surface area (Å²) in [5.74, 6) is 1.35. The van der Waals surface area contributed by atoms with Crippen LogP contribution in [0.5, 0.6) is 0 Å². The highest BCUT2D eigenvalue weighted by Gasteiger charge is 2.21. The molecule has 1 N–H and O–H groups in total. The molecule has 0 aliphatic heterocycles. The topological polar surface area (TPSA) is 51.0 Å². The van der Waals surface area contributed by atoms with E-state index in [0.717, 1.165) is 12.8 Å². The Morgan fingerprint density at radius 3 is 3.12 bits per heavy atom. The van der Waals surface area contributed by atoms with Crippen molar-refractivity contribution in [3.8, 4) is 0 Å². The maximum absolute atomic E-state index is 5.09. The minimum atomic E-state index is 0.415. The molecule has 1 atom stereocenters. The van der Waals surface area contributed by atoms with Crippen LogP contribution in [-0.2, 0) is 13.0 Å². The summed E-state index contributed by atoms with van der Waals surface area (Å²) in [6, 6.07) is 9.00. The molecule has 1 aliphatic carbocycles.